The van der Waals surface area contributed by atoms with Gasteiger partial charge in [-0.2, -0.15) is 0 Å². The SMILES string of the molecule is COc1ccc(-c2nnc(NC(=O)CN(c3ccccc3F)S(=O)(=O)c3ccccc3)s2)cc1. The number of carbonyl (C=O) groups excluding carboxylic acids is 1. The van der Waals surface area contributed by atoms with E-state index in [9.17, 15) is 17.6 Å². The minimum atomic E-state index is -4.22. The largest absolute Gasteiger partial charge is 0.497 e. The third kappa shape index (κ3) is 5.05. The van der Waals surface area contributed by atoms with Gasteiger partial charge in [-0.25, -0.2) is 12.8 Å². The maximum atomic E-state index is 14.5. The number of para-hydroxylation sites is 1. The standard InChI is InChI=1S/C23H19FN4O4S2/c1-32-17-13-11-16(12-14-17)22-26-27-23(33-22)25-21(29)15-28(20-10-6-5-9-19(20)24)34(30,31)18-7-3-2-4-8-18/h2-14H,15H2,1H3,(H,25,27,29). The van der Waals surface area contributed by atoms with Gasteiger partial charge in [0.25, 0.3) is 10.0 Å². The molecule has 0 saturated heterocycles. The van der Waals surface area contributed by atoms with Gasteiger partial charge in [-0.3, -0.25) is 14.4 Å². The van der Waals surface area contributed by atoms with E-state index in [2.05, 4.69) is 15.5 Å². The summed E-state index contributed by atoms with van der Waals surface area (Å²) in [5.74, 6) is -0.776. The van der Waals surface area contributed by atoms with Crippen LogP contribution < -0.4 is 14.4 Å². The van der Waals surface area contributed by atoms with Crippen molar-refractivity contribution < 1.29 is 22.3 Å². The summed E-state index contributed by atoms with van der Waals surface area (Å²) in [4.78, 5) is 12.7. The average molecular weight is 499 g/mol. The van der Waals surface area contributed by atoms with E-state index in [-0.39, 0.29) is 15.7 Å². The molecule has 1 heterocycles. The van der Waals surface area contributed by atoms with Crippen LogP contribution in [-0.2, 0) is 14.8 Å². The van der Waals surface area contributed by atoms with Crippen molar-refractivity contribution in [3.8, 4) is 16.3 Å². The van der Waals surface area contributed by atoms with Crippen molar-refractivity contribution in [2.75, 3.05) is 23.3 Å². The highest BCUT2D eigenvalue weighted by molar-refractivity contribution is 7.92. The molecule has 0 aliphatic heterocycles. The number of hydrogen-bond acceptors (Lipinski definition) is 7. The molecule has 0 aliphatic carbocycles. The Morgan fingerprint density at radius 3 is 2.35 bits per heavy atom. The maximum Gasteiger partial charge on any atom is 0.264 e. The third-order valence-electron chi connectivity index (χ3n) is 4.75. The normalized spacial score (nSPS) is 11.1. The van der Waals surface area contributed by atoms with Crippen LogP contribution in [0.2, 0.25) is 0 Å². The van der Waals surface area contributed by atoms with Gasteiger partial charge in [0.15, 0.2) is 0 Å². The highest BCUT2D eigenvalue weighted by atomic mass is 32.2. The third-order valence-corrected chi connectivity index (χ3v) is 7.41. The van der Waals surface area contributed by atoms with Crippen molar-refractivity contribution >= 4 is 38.1 Å². The molecule has 11 heteroatoms. The molecule has 1 N–H and O–H groups in total. The zero-order valence-electron chi connectivity index (χ0n) is 17.9. The molecule has 4 aromatic rings. The van der Waals surface area contributed by atoms with E-state index < -0.39 is 28.3 Å². The first kappa shape index (κ1) is 23.3. The number of nitrogens with zero attached hydrogens (tertiary/aromatic N) is 3. The minimum absolute atomic E-state index is 0.0660. The highest BCUT2D eigenvalue weighted by Crippen LogP contribution is 2.29. The molecule has 3 aromatic carbocycles. The van der Waals surface area contributed by atoms with Crippen LogP contribution in [-0.4, -0.2) is 38.2 Å². The Morgan fingerprint density at radius 2 is 1.68 bits per heavy atom. The molecule has 4 rings (SSSR count). The van der Waals surface area contributed by atoms with Gasteiger partial charge in [-0.1, -0.05) is 41.7 Å². The fraction of sp³-hybridized carbons (Fsp3) is 0.0870. The summed E-state index contributed by atoms with van der Waals surface area (Å²) in [5, 5.41) is 11.3. The number of ether oxygens (including phenoxy) is 1. The van der Waals surface area contributed by atoms with E-state index in [1.807, 2.05) is 0 Å². The van der Waals surface area contributed by atoms with Crippen molar-refractivity contribution in [2.24, 2.45) is 0 Å². The Kier molecular flexibility index (Phi) is 6.85. The van der Waals surface area contributed by atoms with Crippen LogP contribution in [0, 0.1) is 5.82 Å². The van der Waals surface area contributed by atoms with Crippen LogP contribution >= 0.6 is 11.3 Å². The van der Waals surface area contributed by atoms with E-state index in [1.165, 1.54) is 30.3 Å². The number of methoxy groups -OCH3 is 1. The highest BCUT2D eigenvalue weighted by Gasteiger charge is 2.29. The summed E-state index contributed by atoms with van der Waals surface area (Å²) in [6, 6.07) is 20.0. The summed E-state index contributed by atoms with van der Waals surface area (Å²) in [6.45, 7) is -0.657. The zero-order chi connectivity index (χ0) is 24.1. The first-order chi connectivity index (χ1) is 16.4. The first-order valence-electron chi connectivity index (χ1n) is 9.98. The Hall–Kier alpha value is -3.83. The van der Waals surface area contributed by atoms with Gasteiger partial charge in [0.2, 0.25) is 11.0 Å². The maximum absolute atomic E-state index is 14.5. The van der Waals surface area contributed by atoms with Crippen LogP contribution in [0.15, 0.2) is 83.8 Å². The number of hydrogen-bond donors (Lipinski definition) is 1. The van der Waals surface area contributed by atoms with Gasteiger partial charge in [0, 0.05) is 5.56 Å². The smallest absolute Gasteiger partial charge is 0.264 e. The number of rotatable bonds is 8. The van der Waals surface area contributed by atoms with Crippen LogP contribution in [0.3, 0.4) is 0 Å². The van der Waals surface area contributed by atoms with Gasteiger partial charge in [-0.05, 0) is 48.5 Å². The molecule has 0 spiro atoms. The second-order valence-electron chi connectivity index (χ2n) is 6.97. The molecule has 0 aliphatic rings. The number of amides is 1. The molecule has 34 heavy (non-hydrogen) atoms. The zero-order valence-corrected chi connectivity index (χ0v) is 19.5. The van der Waals surface area contributed by atoms with Crippen molar-refractivity contribution in [3.63, 3.8) is 0 Å². The molecule has 8 nitrogen and oxygen atoms in total. The molecule has 0 saturated carbocycles. The quantitative estimate of drug-likeness (QED) is 0.391. The number of benzene rings is 3. The van der Waals surface area contributed by atoms with Crippen LogP contribution in [0.1, 0.15) is 0 Å². The number of aromatic nitrogens is 2. The van der Waals surface area contributed by atoms with E-state index in [4.69, 9.17) is 4.74 Å². The Bertz CT molecular complexity index is 1390. The van der Waals surface area contributed by atoms with Gasteiger partial charge in [-0.15, -0.1) is 10.2 Å². The molecule has 1 aromatic heterocycles. The molecule has 0 atom stereocenters. The molecule has 0 bridgehead atoms. The second-order valence-corrected chi connectivity index (χ2v) is 9.81. The minimum Gasteiger partial charge on any atom is -0.497 e. The second kappa shape index (κ2) is 9.98. The lowest BCUT2D eigenvalue weighted by Gasteiger charge is -2.24. The van der Waals surface area contributed by atoms with E-state index in [0.29, 0.717) is 10.8 Å². The monoisotopic (exact) mass is 498 g/mol. The lowest BCUT2D eigenvalue weighted by molar-refractivity contribution is -0.114. The molecular formula is C23H19FN4O4S2. The first-order valence-corrected chi connectivity index (χ1v) is 12.2. The van der Waals surface area contributed by atoms with E-state index in [1.54, 1.807) is 49.6 Å². The van der Waals surface area contributed by atoms with E-state index in [0.717, 1.165) is 27.3 Å². The lowest BCUT2D eigenvalue weighted by Crippen LogP contribution is -2.38. The molecule has 0 fully saturated rings. The van der Waals surface area contributed by atoms with Crippen LogP contribution in [0.4, 0.5) is 15.2 Å². The summed E-state index contributed by atoms with van der Waals surface area (Å²) in [7, 11) is -2.65. The van der Waals surface area contributed by atoms with Crippen molar-refractivity contribution in [2.45, 2.75) is 4.90 Å². The molecule has 174 valence electrons. The predicted molar refractivity (Wildman–Crippen MR) is 128 cm³/mol. The predicted octanol–water partition coefficient (Wildman–Crippen LogP) is 4.19. The molecule has 0 radical (unpaired) electrons. The van der Waals surface area contributed by atoms with Crippen LogP contribution in [0.25, 0.3) is 10.6 Å². The van der Waals surface area contributed by atoms with Gasteiger partial charge in [0.1, 0.15) is 23.1 Å². The number of halogens is 1. The Morgan fingerprint density at radius 1 is 1.00 bits per heavy atom. The summed E-state index contributed by atoms with van der Waals surface area (Å²) in [5.41, 5.74) is 0.538. The Labute approximate surface area is 199 Å². The lowest BCUT2D eigenvalue weighted by atomic mass is 10.2. The summed E-state index contributed by atoms with van der Waals surface area (Å²) in [6.07, 6.45) is 0. The fourth-order valence-corrected chi connectivity index (χ4v) is 5.30. The van der Waals surface area contributed by atoms with Crippen LogP contribution in [0.5, 0.6) is 5.75 Å². The average Bonchev–Trinajstić information content (AvgIpc) is 3.32. The van der Waals surface area contributed by atoms with E-state index >= 15 is 0 Å². The van der Waals surface area contributed by atoms with Gasteiger partial charge in [0.05, 0.1) is 17.7 Å². The Balaban J connectivity index is 1.57. The molecule has 1 amide bonds. The number of nitrogens with one attached hydrogen (secondary N) is 1. The van der Waals surface area contributed by atoms with Crippen molar-refractivity contribution in [1.82, 2.24) is 10.2 Å². The number of carbonyl (C=O) groups is 1. The summed E-state index contributed by atoms with van der Waals surface area (Å²) >= 11 is 1.12. The van der Waals surface area contributed by atoms with Crippen molar-refractivity contribution in [3.05, 3.63) is 84.7 Å². The number of sulfonamides is 1. The van der Waals surface area contributed by atoms with Gasteiger partial charge < -0.3 is 4.74 Å². The van der Waals surface area contributed by atoms with Gasteiger partial charge >= 0.3 is 0 Å². The number of anilines is 2. The topological polar surface area (TPSA) is 101 Å². The summed E-state index contributed by atoms with van der Waals surface area (Å²) < 4.78 is 46.9. The van der Waals surface area contributed by atoms with Crippen molar-refractivity contribution in [1.29, 1.82) is 0 Å². The molecular weight excluding hydrogens is 479 g/mol. The fourth-order valence-electron chi connectivity index (χ4n) is 3.09. The molecule has 0 unspecified atom stereocenters.